The Balaban J connectivity index is 1.77. The van der Waals surface area contributed by atoms with Gasteiger partial charge in [-0.1, -0.05) is 54.4 Å². The van der Waals surface area contributed by atoms with Crippen LogP contribution in [0.5, 0.6) is 0 Å². The second kappa shape index (κ2) is 9.29. The number of hydrogen-bond acceptors (Lipinski definition) is 5. The zero-order valence-corrected chi connectivity index (χ0v) is 20.5. The van der Waals surface area contributed by atoms with Crippen molar-refractivity contribution in [1.82, 2.24) is 19.2 Å². The van der Waals surface area contributed by atoms with Gasteiger partial charge in [-0.25, -0.2) is 13.1 Å². The van der Waals surface area contributed by atoms with Gasteiger partial charge in [0.2, 0.25) is 4.77 Å². The molecule has 1 aliphatic rings. The summed E-state index contributed by atoms with van der Waals surface area (Å²) in [5, 5.41) is 4.92. The van der Waals surface area contributed by atoms with E-state index in [2.05, 4.69) is 74.2 Å². The van der Waals surface area contributed by atoms with Crippen LogP contribution in [0.1, 0.15) is 30.9 Å². The summed E-state index contributed by atoms with van der Waals surface area (Å²) in [6.45, 7) is 7.51. The van der Waals surface area contributed by atoms with Crippen molar-refractivity contribution in [2.75, 3.05) is 18.1 Å². The molecule has 0 amide bonds. The molecule has 0 spiro atoms. The van der Waals surface area contributed by atoms with Crippen molar-refractivity contribution in [1.29, 1.82) is 0 Å². The molecule has 0 saturated carbocycles. The summed E-state index contributed by atoms with van der Waals surface area (Å²) in [6.07, 6.45) is 1.60. The van der Waals surface area contributed by atoms with Gasteiger partial charge < -0.3 is 0 Å². The molecule has 8 heteroatoms. The van der Waals surface area contributed by atoms with E-state index in [4.69, 9.17) is 17.3 Å². The van der Waals surface area contributed by atoms with Crippen LogP contribution in [0.15, 0.2) is 48.5 Å². The number of aromatic nitrogens is 3. The van der Waals surface area contributed by atoms with Crippen LogP contribution in [0.4, 0.5) is 0 Å². The van der Waals surface area contributed by atoms with E-state index in [9.17, 15) is 8.42 Å². The molecule has 0 bridgehead atoms. The Bertz CT molecular complexity index is 1240. The van der Waals surface area contributed by atoms with E-state index in [0.717, 1.165) is 30.0 Å². The van der Waals surface area contributed by atoms with Crippen LogP contribution in [-0.2, 0) is 16.5 Å². The van der Waals surface area contributed by atoms with Gasteiger partial charge in [-0.3, -0.25) is 9.47 Å². The topological polar surface area (TPSA) is 60.1 Å². The largest absolute Gasteiger partial charge is 0.280 e. The first-order valence-corrected chi connectivity index (χ1v) is 13.3. The molecule has 1 saturated heterocycles. The molecule has 3 aromatic rings. The minimum Gasteiger partial charge on any atom is -0.280 e. The van der Waals surface area contributed by atoms with Crippen molar-refractivity contribution >= 4 is 22.1 Å². The van der Waals surface area contributed by atoms with Crippen LogP contribution in [0.2, 0.25) is 0 Å². The van der Waals surface area contributed by atoms with Crippen LogP contribution >= 0.6 is 12.2 Å². The molecule has 1 aliphatic heterocycles. The van der Waals surface area contributed by atoms with E-state index in [1.165, 1.54) is 11.1 Å². The third kappa shape index (κ3) is 4.87. The van der Waals surface area contributed by atoms with Crippen molar-refractivity contribution in [3.8, 4) is 17.1 Å². The quantitative estimate of drug-likeness (QED) is 0.474. The summed E-state index contributed by atoms with van der Waals surface area (Å²) in [4.78, 5) is 2.21. The first-order chi connectivity index (χ1) is 15.3. The molecule has 0 radical (unpaired) electrons. The van der Waals surface area contributed by atoms with Gasteiger partial charge in [0.15, 0.2) is 15.7 Å². The molecule has 2 heterocycles. The smallest absolute Gasteiger partial charge is 0.204 e. The Morgan fingerprint density at radius 2 is 1.69 bits per heavy atom. The molecular formula is C24H30N4O2S2. The van der Waals surface area contributed by atoms with Crippen LogP contribution in [0, 0.1) is 18.6 Å². The first kappa shape index (κ1) is 22.9. The lowest BCUT2D eigenvalue weighted by Gasteiger charge is -2.27. The highest BCUT2D eigenvalue weighted by molar-refractivity contribution is 7.91. The van der Waals surface area contributed by atoms with Crippen molar-refractivity contribution in [3.05, 3.63) is 64.4 Å². The Labute approximate surface area is 195 Å². The minimum absolute atomic E-state index is 0.00852. The van der Waals surface area contributed by atoms with Gasteiger partial charge in [-0.05, 0) is 57.6 Å². The van der Waals surface area contributed by atoms with E-state index >= 15 is 0 Å². The molecule has 4 rings (SSSR count). The fourth-order valence-electron chi connectivity index (χ4n) is 4.21. The van der Waals surface area contributed by atoms with E-state index in [0.29, 0.717) is 17.9 Å². The van der Waals surface area contributed by atoms with Gasteiger partial charge in [-0.15, -0.1) is 5.10 Å². The lowest BCUT2D eigenvalue weighted by atomic mass is 10.1. The van der Waals surface area contributed by atoms with Crippen LogP contribution < -0.4 is 0 Å². The molecule has 0 unspecified atom stereocenters. The van der Waals surface area contributed by atoms with Crippen LogP contribution in [-0.4, -0.2) is 51.8 Å². The zero-order chi connectivity index (χ0) is 22.9. The highest BCUT2D eigenvalue weighted by Gasteiger charge is 2.32. The Hall–Kier alpha value is -2.29. The summed E-state index contributed by atoms with van der Waals surface area (Å²) < 4.78 is 28.6. The van der Waals surface area contributed by atoms with E-state index in [1.807, 2.05) is 9.25 Å². The van der Waals surface area contributed by atoms with E-state index in [-0.39, 0.29) is 17.5 Å². The molecule has 1 aromatic heterocycles. The number of rotatable bonds is 7. The summed E-state index contributed by atoms with van der Waals surface area (Å²) in [5.41, 5.74) is 4.32. The average molecular weight is 471 g/mol. The van der Waals surface area contributed by atoms with Crippen molar-refractivity contribution in [3.63, 3.8) is 0 Å². The molecule has 1 fully saturated rings. The lowest BCUT2D eigenvalue weighted by molar-refractivity contribution is 0.155. The average Bonchev–Trinajstić information content (AvgIpc) is 3.28. The van der Waals surface area contributed by atoms with Crippen molar-refractivity contribution in [2.24, 2.45) is 0 Å². The Kier molecular flexibility index (Phi) is 6.65. The summed E-state index contributed by atoms with van der Waals surface area (Å²) in [6, 6.07) is 16.5. The van der Waals surface area contributed by atoms with Crippen LogP contribution in [0.3, 0.4) is 0 Å². The normalized spacial score (nSPS) is 17.8. The maximum absolute atomic E-state index is 12.1. The van der Waals surface area contributed by atoms with Gasteiger partial charge in [-0.2, -0.15) is 0 Å². The highest BCUT2D eigenvalue weighted by atomic mass is 32.2. The molecule has 0 aliphatic carbocycles. The number of sulfone groups is 1. The van der Waals surface area contributed by atoms with E-state index in [1.54, 1.807) is 0 Å². The number of aryl methyl sites for hydroxylation is 2. The molecule has 2 aromatic carbocycles. The Morgan fingerprint density at radius 1 is 1.06 bits per heavy atom. The van der Waals surface area contributed by atoms with Gasteiger partial charge >= 0.3 is 0 Å². The summed E-state index contributed by atoms with van der Waals surface area (Å²) in [7, 11) is -2.96. The molecule has 6 nitrogen and oxygen atoms in total. The number of nitrogens with zero attached hydrogens (tertiary/aromatic N) is 4. The second-order valence-electron chi connectivity index (χ2n) is 8.65. The third-order valence-electron chi connectivity index (χ3n) is 5.99. The molecule has 1 atom stereocenters. The maximum atomic E-state index is 12.1. The van der Waals surface area contributed by atoms with Gasteiger partial charge in [0.05, 0.1) is 18.2 Å². The van der Waals surface area contributed by atoms with E-state index < -0.39 is 9.84 Å². The lowest BCUT2D eigenvalue weighted by Crippen LogP contribution is -2.38. The van der Waals surface area contributed by atoms with Crippen LogP contribution in [0.25, 0.3) is 17.1 Å². The molecule has 32 heavy (non-hydrogen) atoms. The molecule has 170 valence electrons. The number of hydrogen-bond donors (Lipinski definition) is 0. The molecule has 0 N–H and O–H groups in total. The fraction of sp³-hybridized carbons (Fsp3) is 0.417. The van der Waals surface area contributed by atoms with Gasteiger partial charge in [0.1, 0.15) is 0 Å². The highest BCUT2D eigenvalue weighted by Crippen LogP contribution is 2.25. The Morgan fingerprint density at radius 3 is 2.25 bits per heavy atom. The molecular weight excluding hydrogens is 440 g/mol. The van der Waals surface area contributed by atoms with Crippen molar-refractivity contribution < 1.29 is 8.42 Å². The fourth-order valence-corrected chi connectivity index (χ4v) is 6.26. The van der Waals surface area contributed by atoms with Gasteiger partial charge in [0.25, 0.3) is 0 Å². The minimum atomic E-state index is -2.96. The second-order valence-corrected chi connectivity index (χ2v) is 11.2. The van der Waals surface area contributed by atoms with Gasteiger partial charge in [0, 0.05) is 17.3 Å². The first-order valence-electron chi connectivity index (χ1n) is 11.1. The van der Waals surface area contributed by atoms with Crippen molar-refractivity contribution in [2.45, 2.75) is 46.3 Å². The predicted molar refractivity (Wildman–Crippen MR) is 131 cm³/mol. The standard InChI is InChI=1S/C24H30N4O2S2/c1-4-14-26(22-13-15-32(29,30)16-22)17-27-24(31)28(21-11-7-19(3)8-12-21)23(25-27)20-9-5-18(2)6-10-20/h5-12,22H,4,13-17H2,1-3H3/t22-/m1/s1. The number of benzene rings is 2. The monoisotopic (exact) mass is 470 g/mol. The summed E-state index contributed by atoms with van der Waals surface area (Å²) >= 11 is 5.89. The summed E-state index contributed by atoms with van der Waals surface area (Å²) in [5.74, 6) is 1.26. The maximum Gasteiger partial charge on any atom is 0.204 e. The third-order valence-corrected chi connectivity index (χ3v) is 8.14. The predicted octanol–water partition coefficient (Wildman–Crippen LogP) is 4.54. The SMILES string of the molecule is CCCN(Cn1nc(-c2ccc(C)cc2)n(-c2ccc(C)cc2)c1=S)[C@@H]1CCS(=O)(=O)C1. The zero-order valence-electron chi connectivity index (χ0n) is 18.9.